The van der Waals surface area contributed by atoms with Crippen molar-refractivity contribution in [3.05, 3.63) is 24.0 Å². The number of ether oxygens (including phenoxy) is 2. The van der Waals surface area contributed by atoms with Crippen molar-refractivity contribution in [1.29, 1.82) is 0 Å². The molecule has 0 aromatic carbocycles. The van der Waals surface area contributed by atoms with Crippen molar-refractivity contribution in [3.63, 3.8) is 0 Å². The van der Waals surface area contributed by atoms with E-state index in [2.05, 4.69) is 40.2 Å². The van der Waals surface area contributed by atoms with Gasteiger partial charge in [-0.15, -0.1) is 10.2 Å². The fourth-order valence-corrected chi connectivity index (χ4v) is 2.76. The molecule has 1 aliphatic rings. The van der Waals surface area contributed by atoms with Crippen molar-refractivity contribution in [2.75, 3.05) is 14.2 Å². The summed E-state index contributed by atoms with van der Waals surface area (Å²) in [5, 5.41) is 8.16. The molecule has 0 unspecified atom stereocenters. The average molecular weight is 299 g/mol. The Hall–Kier alpha value is -2.24. The lowest BCUT2D eigenvalue weighted by Crippen LogP contribution is -2.00. The van der Waals surface area contributed by atoms with Crippen LogP contribution >= 0.6 is 0 Å². The fraction of sp³-hybridized carbons (Fsp3) is 0.500. The lowest BCUT2D eigenvalue weighted by Gasteiger charge is -2.08. The molecule has 115 valence electrons. The van der Waals surface area contributed by atoms with E-state index >= 15 is 0 Å². The Morgan fingerprint density at radius 2 is 2.09 bits per heavy atom. The maximum atomic E-state index is 5.31. The van der Waals surface area contributed by atoms with Gasteiger partial charge in [-0.2, -0.15) is 4.98 Å². The standard InChI is InChI=1S/C16H19N4O2/c1-9(2)11-6-12(11)10-5-14(20-18-7-10)13-8-17-16(22-4)19-15(13)21-3/h5,8-9,11-12H,6H2,1-4H3/t11-,12-/m1/s1. The third-order valence-electron chi connectivity index (χ3n) is 4.11. The van der Waals surface area contributed by atoms with E-state index in [4.69, 9.17) is 9.47 Å². The summed E-state index contributed by atoms with van der Waals surface area (Å²) in [6.07, 6.45) is 5.85. The molecule has 1 saturated carbocycles. The molecule has 2 atom stereocenters. The fourth-order valence-electron chi connectivity index (χ4n) is 2.76. The van der Waals surface area contributed by atoms with Gasteiger partial charge in [-0.1, -0.05) is 13.8 Å². The number of rotatable bonds is 5. The second kappa shape index (κ2) is 5.87. The minimum Gasteiger partial charge on any atom is -0.480 e. The summed E-state index contributed by atoms with van der Waals surface area (Å²) in [7, 11) is 3.08. The maximum absolute atomic E-state index is 5.31. The second-order valence-corrected chi connectivity index (χ2v) is 5.83. The van der Waals surface area contributed by atoms with Gasteiger partial charge in [-0.25, -0.2) is 4.98 Å². The van der Waals surface area contributed by atoms with Crippen molar-refractivity contribution < 1.29 is 9.47 Å². The van der Waals surface area contributed by atoms with E-state index in [1.165, 1.54) is 13.5 Å². The van der Waals surface area contributed by atoms with E-state index in [1.54, 1.807) is 13.3 Å². The molecule has 3 rings (SSSR count). The van der Waals surface area contributed by atoms with Gasteiger partial charge in [0.15, 0.2) is 0 Å². The first-order valence-corrected chi connectivity index (χ1v) is 7.34. The zero-order valence-electron chi connectivity index (χ0n) is 13.2. The smallest absolute Gasteiger partial charge is 0.319 e. The highest BCUT2D eigenvalue weighted by molar-refractivity contribution is 5.64. The van der Waals surface area contributed by atoms with Crippen LogP contribution in [-0.2, 0) is 0 Å². The normalized spacial score (nSPS) is 20.0. The number of methoxy groups -OCH3 is 2. The first-order valence-electron chi connectivity index (χ1n) is 7.34. The van der Waals surface area contributed by atoms with Gasteiger partial charge in [-0.05, 0) is 35.8 Å². The Kier molecular flexibility index (Phi) is 3.92. The van der Waals surface area contributed by atoms with Crippen LogP contribution in [0.5, 0.6) is 11.9 Å². The maximum Gasteiger partial charge on any atom is 0.319 e. The molecule has 0 aliphatic heterocycles. The molecular formula is C16H19N4O2. The van der Waals surface area contributed by atoms with Gasteiger partial charge >= 0.3 is 6.01 Å². The molecule has 0 saturated heterocycles. The van der Waals surface area contributed by atoms with Crippen molar-refractivity contribution in [2.45, 2.75) is 26.2 Å². The molecule has 2 aromatic heterocycles. The molecule has 0 spiro atoms. The van der Waals surface area contributed by atoms with E-state index in [0.29, 0.717) is 34.9 Å². The summed E-state index contributed by atoms with van der Waals surface area (Å²) in [4.78, 5) is 8.31. The predicted molar refractivity (Wildman–Crippen MR) is 80.7 cm³/mol. The number of hydrogen-bond acceptors (Lipinski definition) is 6. The lowest BCUT2D eigenvalue weighted by molar-refractivity contribution is 0.353. The molecule has 1 radical (unpaired) electrons. The van der Waals surface area contributed by atoms with E-state index in [-0.39, 0.29) is 6.01 Å². The molecule has 6 heteroatoms. The predicted octanol–water partition coefficient (Wildman–Crippen LogP) is 2.51. The molecule has 2 heterocycles. The van der Waals surface area contributed by atoms with Crippen LogP contribution in [0, 0.1) is 18.0 Å². The largest absolute Gasteiger partial charge is 0.480 e. The summed E-state index contributed by atoms with van der Waals surface area (Å²) in [6, 6.07) is 2.27. The summed E-state index contributed by atoms with van der Waals surface area (Å²) in [5.74, 6) is 2.34. The molecule has 1 fully saturated rings. The summed E-state index contributed by atoms with van der Waals surface area (Å²) >= 11 is 0. The van der Waals surface area contributed by atoms with Crippen LogP contribution in [0.4, 0.5) is 0 Å². The molecule has 0 amide bonds. The summed E-state index contributed by atoms with van der Waals surface area (Å²) in [6.45, 7) is 4.50. The minimum absolute atomic E-state index is 0.262. The summed E-state index contributed by atoms with van der Waals surface area (Å²) < 4.78 is 10.3. The topological polar surface area (TPSA) is 70.0 Å². The number of nitrogens with zero attached hydrogens (tertiary/aromatic N) is 4. The Balaban J connectivity index is 1.93. The Morgan fingerprint density at radius 1 is 1.27 bits per heavy atom. The summed E-state index contributed by atoms with van der Waals surface area (Å²) in [5.41, 5.74) is 2.50. The van der Waals surface area contributed by atoms with Crippen molar-refractivity contribution >= 4 is 0 Å². The highest BCUT2D eigenvalue weighted by Gasteiger charge is 2.40. The van der Waals surface area contributed by atoms with Crippen LogP contribution in [0.1, 0.15) is 31.7 Å². The van der Waals surface area contributed by atoms with Gasteiger partial charge < -0.3 is 9.47 Å². The zero-order valence-corrected chi connectivity index (χ0v) is 13.2. The Morgan fingerprint density at radius 3 is 2.73 bits per heavy atom. The molecule has 2 aromatic rings. The van der Waals surface area contributed by atoms with Crippen molar-refractivity contribution in [2.24, 2.45) is 11.8 Å². The van der Waals surface area contributed by atoms with E-state index in [9.17, 15) is 0 Å². The molecule has 22 heavy (non-hydrogen) atoms. The second-order valence-electron chi connectivity index (χ2n) is 5.83. The third-order valence-corrected chi connectivity index (χ3v) is 4.11. The van der Waals surface area contributed by atoms with Gasteiger partial charge in [0.1, 0.15) is 11.9 Å². The van der Waals surface area contributed by atoms with E-state index < -0.39 is 0 Å². The zero-order chi connectivity index (χ0) is 15.7. The molecular weight excluding hydrogens is 280 g/mol. The van der Waals surface area contributed by atoms with Crippen LogP contribution < -0.4 is 9.47 Å². The Bertz CT molecular complexity index is 675. The van der Waals surface area contributed by atoms with E-state index in [0.717, 1.165) is 5.56 Å². The van der Waals surface area contributed by atoms with Crippen LogP contribution in [0.2, 0.25) is 0 Å². The van der Waals surface area contributed by atoms with Crippen LogP contribution in [0.25, 0.3) is 11.3 Å². The van der Waals surface area contributed by atoms with Gasteiger partial charge in [-0.3, -0.25) is 0 Å². The SMILES string of the molecule is COc1ncc(-c2cc([C@H]3C[C@@H]3C(C)C)[c]nn2)c(OC)n1. The van der Waals surface area contributed by atoms with Crippen LogP contribution in [0.15, 0.2) is 12.3 Å². The number of aromatic nitrogens is 4. The third kappa shape index (κ3) is 2.73. The highest BCUT2D eigenvalue weighted by atomic mass is 16.5. The monoisotopic (exact) mass is 299 g/mol. The molecule has 0 bridgehead atoms. The molecule has 6 nitrogen and oxygen atoms in total. The van der Waals surface area contributed by atoms with Gasteiger partial charge in [0.2, 0.25) is 5.88 Å². The molecule has 1 aliphatic carbocycles. The minimum atomic E-state index is 0.262. The van der Waals surface area contributed by atoms with Crippen molar-refractivity contribution in [1.82, 2.24) is 20.2 Å². The lowest BCUT2D eigenvalue weighted by atomic mass is 10.0. The Labute approximate surface area is 129 Å². The quantitative estimate of drug-likeness (QED) is 0.845. The highest BCUT2D eigenvalue weighted by Crippen LogP contribution is 2.51. The number of hydrogen-bond donors (Lipinski definition) is 0. The first-order chi connectivity index (χ1) is 10.6. The van der Waals surface area contributed by atoms with Gasteiger partial charge in [0, 0.05) is 6.20 Å². The van der Waals surface area contributed by atoms with Gasteiger partial charge in [0.05, 0.1) is 19.8 Å². The van der Waals surface area contributed by atoms with Crippen molar-refractivity contribution in [3.8, 4) is 23.1 Å². The van der Waals surface area contributed by atoms with E-state index in [1.807, 2.05) is 6.07 Å². The first kappa shape index (κ1) is 14.7. The van der Waals surface area contributed by atoms with Gasteiger partial charge in [0.25, 0.3) is 0 Å². The molecule has 0 N–H and O–H groups in total. The van der Waals surface area contributed by atoms with Crippen LogP contribution in [-0.4, -0.2) is 34.4 Å². The van der Waals surface area contributed by atoms with Crippen LogP contribution in [0.3, 0.4) is 0 Å². The average Bonchev–Trinajstić information content (AvgIpc) is 3.35.